The third-order valence-electron chi connectivity index (χ3n) is 3.32. The van der Waals surface area contributed by atoms with Crippen LogP contribution < -0.4 is 0 Å². The van der Waals surface area contributed by atoms with Gasteiger partial charge in [0, 0.05) is 0 Å². The molecule has 13 heavy (non-hydrogen) atoms. The number of allylic oxidation sites excluding steroid dienone is 4. The zero-order chi connectivity index (χ0) is 9.26. The van der Waals surface area contributed by atoms with Gasteiger partial charge in [-0.05, 0) is 42.6 Å². The van der Waals surface area contributed by atoms with Gasteiger partial charge in [-0.3, -0.25) is 4.79 Å². The molecule has 2 rings (SSSR count). The van der Waals surface area contributed by atoms with Gasteiger partial charge in [-0.2, -0.15) is 0 Å². The standard InChI is InChI=1S/C12H16O/c1-2-9(8-13)5-12-7-10-3-4-11(12)6-10/h3-5,8,10-12H,2,6-7H2,1H3/b9-5+. The number of hydrogen-bond acceptors (Lipinski definition) is 1. The lowest BCUT2D eigenvalue weighted by molar-refractivity contribution is -0.105. The van der Waals surface area contributed by atoms with Gasteiger partial charge < -0.3 is 0 Å². The summed E-state index contributed by atoms with van der Waals surface area (Å²) in [6, 6.07) is 0. The highest BCUT2D eigenvalue weighted by atomic mass is 16.1. The quantitative estimate of drug-likeness (QED) is 0.367. The first kappa shape index (κ1) is 8.74. The summed E-state index contributed by atoms with van der Waals surface area (Å²) < 4.78 is 0. The first-order chi connectivity index (χ1) is 6.33. The van der Waals surface area contributed by atoms with Gasteiger partial charge in [-0.15, -0.1) is 0 Å². The van der Waals surface area contributed by atoms with Gasteiger partial charge in [0.25, 0.3) is 0 Å². The molecule has 3 atom stereocenters. The van der Waals surface area contributed by atoms with Crippen LogP contribution in [0.1, 0.15) is 26.2 Å². The van der Waals surface area contributed by atoms with Crippen molar-refractivity contribution in [2.75, 3.05) is 0 Å². The van der Waals surface area contributed by atoms with E-state index in [0.717, 1.165) is 30.1 Å². The number of carbonyl (C=O) groups is 1. The summed E-state index contributed by atoms with van der Waals surface area (Å²) in [4.78, 5) is 10.6. The summed E-state index contributed by atoms with van der Waals surface area (Å²) in [5, 5.41) is 0. The molecular weight excluding hydrogens is 160 g/mol. The van der Waals surface area contributed by atoms with E-state index in [9.17, 15) is 4.79 Å². The van der Waals surface area contributed by atoms with E-state index in [1.54, 1.807) is 0 Å². The van der Waals surface area contributed by atoms with E-state index in [0.29, 0.717) is 5.92 Å². The van der Waals surface area contributed by atoms with E-state index in [1.165, 1.54) is 12.8 Å². The fourth-order valence-electron chi connectivity index (χ4n) is 2.53. The van der Waals surface area contributed by atoms with Crippen molar-refractivity contribution in [1.82, 2.24) is 0 Å². The summed E-state index contributed by atoms with van der Waals surface area (Å²) in [6.07, 6.45) is 11.3. The van der Waals surface area contributed by atoms with Crippen LogP contribution in [0.3, 0.4) is 0 Å². The topological polar surface area (TPSA) is 17.1 Å². The van der Waals surface area contributed by atoms with Gasteiger partial charge in [-0.1, -0.05) is 25.2 Å². The second-order valence-electron chi connectivity index (χ2n) is 4.16. The molecule has 1 nitrogen and oxygen atoms in total. The molecule has 1 fully saturated rings. The molecule has 0 aromatic carbocycles. The van der Waals surface area contributed by atoms with Gasteiger partial charge in [0.2, 0.25) is 0 Å². The van der Waals surface area contributed by atoms with Crippen molar-refractivity contribution in [3.8, 4) is 0 Å². The fraction of sp³-hybridized carbons (Fsp3) is 0.583. The lowest BCUT2D eigenvalue weighted by Crippen LogP contribution is -2.04. The zero-order valence-electron chi connectivity index (χ0n) is 8.07. The van der Waals surface area contributed by atoms with Crippen molar-refractivity contribution >= 4 is 6.29 Å². The number of rotatable bonds is 3. The molecule has 0 radical (unpaired) electrons. The van der Waals surface area contributed by atoms with Crippen LogP contribution in [-0.2, 0) is 4.79 Å². The van der Waals surface area contributed by atoms with Crippen LogP contribution in [0.25, 0.3) is 0 Å². The average Bonchev–Trinajstić information content (AvgIpc) is 2.75. The molecule has 2 aliphatic rings. The minimum Gasteiger partial charge on any atom is -0.298 e. The normalized spacial score (nSPS) is 37.0. The van der Waals surface area contributed by atoms with Crippen LogP contribution in [0.15, 0.2) is 23.8 Å². The maximum absolute atomic E-state index is 10.6. The first-order valence-corrected chi connectivity index (χ1v) is 5.17. The Morgan fingerprint density at radius 3 is 2.77 bits per heavy atom. The van der Waals surface area contributed by atoms with Crippen molar-refractivity contribution in [2.45, 2.75) is 26.2 Å². The van der Waals surface area contributed by atoms with Gasteiger partial charge in [-0.25, -0.2) is 0 Å². The second-order valence-corrected chi connectivity index (χ2v) is 4.16. The van der Waals surface area contributed by atoms with Crippen molar-refractivity contribution < 1.29 is 4.79 Å². The molecule has 0 saturated heterocycles. The molecule has 0 spiro atoms. The average molecular weight is 176 g/mol. The molecule has 2 bridgehead atoms. The van der Waals surface area contributed by atoms with Crippen LogP contribution in [0.5, 0.6) is 0 Å². The van der Waals surface area contributed by atoms with E-state index in [1.807, 2.05) is 6.92 Å². The number of aldehydes is 1. The molecule has 70 valence electrons. The zero-order valence-corrected chi connectivity index (χ0v) is 8.07. The Labute approximate surface area is 79.5 Å². The molecular formula is C12H16O. The summed E-state index contributed by atoms with van der Waals surface area (Å²) in [6.45, 7) is 2.04. The van der Waals surface area contributed by atoms with Crippen LogP contribution in [0.4, 0.5) is 0 Å². The summed E-state index contributed by atoms with van der Waals surface area (Å²) >= 11 is 0. The van der Waals surface area contributed by atoms with Gasteiger partial charge in [0.05, 0.1) is 0 Å². The second kappa shape index (κ2) is 3.49. The van der Waals surface area contributed by atoms with Crippen molar-refractivity contribution in [3.05, 3.63) is 23.8 Å². The molecule has 0 aliphatic heterocycles. The molecule has 0 amide bonds. The molecule has 0 N–H and O–H groups in total. The Hall–Kier alpha value is -0.850. The third kappa shape index (κ3) is 1.60. The third-order valence-corrected chi connectivity index (χ3v) is 3.32. The van der Waals surface area contributed by atoms with E-state index in [2.05, 4.69) is 18.2 Å². The highest BCUT2D eigenvalue weighted by Gasteiger charge is 2.34. The Bertz CT molecular complexity index is 262. The smallest absolute Gasteiger partial charge is 0.145 e. The Morgan fingerprint density at radius 1 is 1.46 bits per heavy atom. The lowest BCUT2D eigenvalue weighted by Gasteiger charge is -2.13. The molecule has 1 heteroatoms. The van der Waals surface area contributed by atoms with Crippen molar-refractivity contribution in [2.24, 2.45) is 17.8 Å². The first-order valence-electron chi connectivity index (χ1n) is 5.17. The molecule has 2 aliphatic carbocycles. The minimum absolute atomic E-state index is 0.648. The van der Waals surface area contributed by atoms with Gasteiger partial charge >= 0.3 is 0 Å². The summed E-state index contributed by atoms with van der Waals surface area (Å²) in [7, 11) is 0. The van der Waals surface area contributed by atoms with E-state index < -0.39 is 0 Å². The van der Waals surface area contributed by atoms with Crippen molar-refractivity contribution in [1.29, 1.82) is 0 Å². The van der Waals surface area contributed by atoms with Gasteiger partial charge in [0.1, 0.15) is 6.29 Å². The Balaban J connectivity index is 2.07. The van der Waals surface area contributed by atoms with E-state index in [4.69, 9.17) is 0 Å². The molecule has 0 aromatic heterocycles. The Kier molecular flexibility index (Phi) is 2.34. The predicted octanol–water partition coefficient (Wildman–Crippen LogP) is 2.73. The summed E-state index contributed by atoms with van der Waals surface area (Å²) in [5.74, 6) is 2.18. The lowest BCUT2D eigenvalue weighted by atomic mass is 9.91. The highest BCUT2D eigenvalue weighted by molar-refractivity contribution is 5.73. The Morgan fingerprint density at radius 2 is 2.31 bits per heavy atom. The molecule has 0 aromatic rings. The number of fused-ring (bicyclic) bond motifs is 2. The largest absolute Gasteiger partial charge is 0.298 e. The molecule has 3 unspecified atom stereocenters. The van der Waals surface area contributed by atoms with Crippen molar-refractivity contribution in [3.63, 3.8) is 0 Å². The van der Waals surface area contributed by atoms with Crippen LogP contribution in [0.2, 0.25) is 0 Å². The number of hydrogen-bond donors (Lipinski definition) is 0. The van der Waals surface area contributed by atoms with Crippen LogP contribution in [0, 0.1) is 17.8 Å². The maximum Gasteiger partial charge on any atom is 0.145 e. The molecule has 1 saturated carbocycles. The van der Waals surface area contributed by atoms with Crippen LogP contribution >= 0.6 is 0 Å². The highest BCUT2D eigenvalue weighted by Crippen LogP contribution is 2.44. The fourth-order valence-corrected chi connectivity index (χ4v) is 2.53. The van der Waals surface area contributed by atoms with Gasteiger partial charge in [0.15, 0.2) is 0 Å². The number of carbonyl (C=O) groups excluding carboxylic acids is 1. The minimum atomic E-state index is 0.648. The predicted molar refractivity (Wildman–Crippen MR) is 53.3 cm³/mol. The van der Waals surface area contributed by atoms with E-state index >= 15 is 0 Å². The summed E-state index contributed by atoms with van der Waals surface area (Å²) in [5.41, 5.74) is 0.978. The molecule has 0 heterocycles. The SMILES string of the molecule is CC/C(C=O)=C\C1CC2C=CC1C2. The van der Waals surface area contributed by atoms with E-state index in [-0.39, 0.29) is 0 Å². The monoisotopic (exact) mass is 176 g/mol. The maximum atomic E-state index is 10.6. The van der Waals surface area contributed by atoms with Crippen LogP contribution in [-0.4, -0.2) is 6.29 Å².